The average Bonchev–Trinajstić information content (AvgIpc) is 2.79. The minimum Gasteiger partial charge on any atom is -0.426 e. The Hall–Kier alpha value is -1.81. The van der Waals surface area contributed by atoms with Crippen LogP contribution in [0, 0.1) is 0 Å². The van der Waals surface area contributed by atoms with Gasteiger partial charge in [-0.05, 0) is 37.6 Å². The molecule has 0 saturated carbocycles. The number of nitrogens with two attached hydrogens (primary N) is 1. The van der Waals surface area contributed by atoms with E-state index in [1.165, 1.54) is 5.56 Å². The fourth-order valence-corrected chi connectivity index (χ4v) is 1.64. The molecule has 2 rings (SSSR count). The highest BCUT2D eigenvalue weighted by molar-refractivity contribution is 5.29. The minimum atomic E-state index is 0.624. The van der Waals surface area contributed by atoms with E-state index >= 15 is 0 Å². The molecule has 0 radical (unpaired) electrons. The van der Waals surface area contributed by atoms with Gasteiger partial charge in [0.1, 0.15) is 5.75 Å². The van der Waals surface area contributed by atoms with Gasteiger partial charge in [-0.1, -0.05) is 12.1 Å². The molecule has 0 spiro atoms. The zero-order chi connectivity index (χ0) is 12.1. The van der Waals surface area contributed by atoms with Gasteiger partial charge in [-0.25, -0.2) is 4.98 Å². The van der Waals surface area contributed by atoms with Crippen LogP contribution in [0.5, 0.6) is 11.8 Å². The number of aryl methyl sites for hydroxylation is 1. The van der Waals surface area contributed by atoms with Crippen molar-refractivity contribution in [3.05, 3.63) is 42.2 Å². The third-order valence-electron chi connectivity index (χ3n) is 2.58. The third kappa shape index (κ3) is 2.85. The molecule has 90 valence electrons. The van der Waals surface area contributed by atoms with E-state index in [1.54, 1.807) is 6.20 Å². The molecule has 0 saturated heterocycles. The molecule has 0 aliphatic rings. The smallest absolute Gasteiger partial charge is 0.301 e. The quantitative estimate of drug-likeness (QED) is 0.858. The van der Waals surface area contributed by atoms with E-state index in [0.29, 0.717) is 12.6 Å². The van der Waals surface area contributed by atoms with Crippen LogP contribution in [-0.4, -0.2) is 16.1 Å². The number of imidazole rings is 1. The van der Waals surface area contributed by atoms with Crippen molar-refractivity contribution in [1.29, 1.82) is 0 Å². The zero-order valence-electron chi connectivity index (χ0n) is 9.97. The first kappa shape index (κ1) is 11.7. The molecule has 0 aliphatic carbocycles. The normalized spacial score (nSPS) is 10.5. The van der Waals surface area contributed by atoms with Gasteiger partial charge in [-0.3, -0.25) is 0 Å². The summed E-state index contributed by atoms with van der Waals surface area (Å²) in [5.74, 6) is 0.798. The zero-order valence-corrected chi connectivity index (χ0v) is 9.97. The topological polar surface area (TPSA) is 53.1 Å². The molecule has 1 aromatic heterocycles. The highest BCUT2D eigenvalue weighted by Crippen LogP contribution is 2.20. The van der Waals surface area contributed by atoms with Crippen LogP contribution in [0.1, 0.15) is 12.5 Å². The van der Waals surface area contributed by atoms with Crippen LogP contribution in [0.2, 0.25) is 0 Å². The van der Waals surface area contributed by atoms with E-state index in [9.17, 15) is 0 Å². The van der Waals surface area contributed by atoms with Gasteiger partial charge in [0.2, 0.25) is 0 Å². The van der Waals surface area contributed by atoms with Crippen LogP contribution in [0.3, 0.4) is 0 Å². The summed E-state index contributed by atoms with van der Waals surface area (Å²) in [4.78, 5) is 4.16. The molecule has 0 atom stereocenters. The van der Waals surface area contributed by atoms with Crippen molar-refractivity contribution in [3.63, 3.8) is 0 Å². The Balaban J connectivity index is 2.08. The third-order valence-corrected chi connectivity index (χ3v) is 2.58. The van der Waals surface area contributed by atoms with E-state index in [4.69, 9.17) is 10.5 Å². The molecule has 2 N–H and O–H groups in total. The summed E-state index contributed by atoms with van der Waals surface area (Å²) in [6.07, 6.45) is 4.53. The number of benzene rings is 1. The number of aromatic nitrogens is 2. The molecule has 4 heteroatoms. The standard InChI is InChI=1S/C13H17N3O/c1-2-16-10-9-15-13(16)17-12-5-3-11(4-6-12)7-8-14/h3-6,9-10H,2,7-8,14H2,1H3. The molecule has 2 aromatic rings. The van der Waals surface area contributed by atoms with Crippen molar-refractivity contribution in [1.82, 2.24) is 9.55 Å². The molecular formula is C13H17N3O. The predicted octanol–water partition coefficient (Wildman–Crippen LogP) is 2.20. The second-order valence-electron chi connectivity index (χ2n) is 3.78. The summed E-state index contributed by atoms with van der Waals surface area (Å²) in [7, 11) is 0. The SMILES string of the molecule is CCn1ccnc1Oc1ccc(CCN)cc1. The summed E-state index contributed by atoms with van der Waals surface area (Å²) < 4.78 is 7.65. The van der Waals surface area contributed by atoms with Gasteiger partial charge in [-0.15, -0.1) is 0 Å². The first-order valence-corrected chi connectivity index (χ1v) is 5.81. The molecule has 0 bridgehead atoms. The Kier molecular flexibility index (Phi) is 3.77. The van der Waals surface area contributed by atoms with Gasteiger partial charge in [0.05, 0.1) is 0 Å². The Morgan fingerprint density at radius 3 is 2.71 bits per heavy atom. The largest absolute Gasteiger partial charge is 0.426 e. The highest BCUT2D eigenvalue weighted by atomic mass is 16.5. The lowest BCUT2D eigenvalue weighted by molar-refractivity contribution is 0.415. The molecule has 1 aromatic carbocycles. The second-order valence-corrected chi connectivity index (χ2v) is 3.78. The van der Waals surface area contributed by atoms with E-state index in [2.05, 4.69) is 11.9 Å². The number of rotatable bonds is 5. The molecule has 4 nitrogen and oxygen atoms in total. The molecule has 0 amide bonds. The van der Waals surface area contributed by atoms with Gasteiger partial charge in [0, 0.05) is 18.9 Å². The van der Waals surface area contributed by atoms with E-state index in [1.807, 2.05) is 35.0 Å². The predicted molar refractivity (Wildman–Crippen MR) is 67.2 cm³/mol. The maximum absolute atomic E-state index is 5.69. The molecule has 0 aliphatic heterocycles. The first-order valence-electron chi connectivity index (χ1n) is 5.81. The lowest BCUT2D eigenvalue weighted by Crippen LogP contribution is -2.02. The van der Waals surface area contributed by atoms with E-state index in [0.717, 1.165) is 18.7 Å². The van der Waals surface area contributed by atoms with Crippen LogP contribution in [-0.2, 0) is 13.0 Å². The first-order chi connectivity index (χ1) is 8.33. The van der Waals surface area contributed by atoms with Gasteiger partial charge in [0.25, 0.3) is 0 Å². The van der Waals surface area contributed by atoms with Crippen LogP contribution in [0.15, 0.2) is 36.7 Å². The fraction of sp³-hybridized carbons (Fsp3) is 0.308. The molecule has 1 heterocycles. The molecule has 0 fully saturated rings. The average molecular weight is 231 g/mol. The lowest BCUT2D eigenvalue weighted by atomic mass is 10.1. The fourth-order valence-electron chi connectivity index (χ4n) is 1.64. The van der Waals surface area contributed by atoms with Crippen molar-refractivity contribution < 1.29 is 4.74 Å². The maximum atomic E-state index is 5.69. The monoisotopic (exact) mass is 231 g/mol. The van der Waals surface area contributed by atoms with Crippen molar-refractivity contribution in [2.24, 2.45) is 5.73 Å². The van der Waals surface area contributed by atoms with Crippen LogP contribution >= 0.6 is 0 Å². The van der Waals surface area contributed by atoms with Crippen LogP contribution in [0.25, 0.3) is 0 Å². The van der Waals surface area contributed by atoms with Crippen LogP contribution in [0.4, 0.5) is 0 Å². The number of ether oxygens (including phenoxy) is 1. The molecular weight excluding hydrogens is 214 g/mol. The highest BCUT2D eigenvalue weighted by Gasteiger charge is 2.03. The van der Waals surface area contributed by atoms with Crippen LogP contribution < -0.4 is 10.5 Å². The Bertz CT molecular complexity index is 462. The van der Waals surface area contributed by atoms with Crippen molar-refractivity contribution in [2.45, 2.75) is 19.9 Å². The Morgan fingerprint density at radius 2 is 2.06 bits per heavy atom. The van der Waals surface area contributed by atoms with E-state index < -0.39 is 0 Å². The van der Waals surface area contributed by atoms with Gasteiger partial charge < -0.3 is 15.0 Å². The Labute approximate surface area is 101 Å². The minimum absolute atomic E-state index is 0.624. The summed E-state index contributed by atoms with van der Waals surface area (Å²) in [6, 6.07) is 8.57. The number of hydrogen-bond donors (Lipinski definition) is 1. The summed E-state index contributed by atoms with van der Waals surface area (Å²) in [6.45, 7) is 3.57. The summed E-state index contributed by atoms with van der Waals surface area (Å²) in [5.41, 5.74) is 6.72. The second kappa shape index (κ2) is 5.50. The van der Waals surface area contributed by atoms with Crippen molar-refractivity contribution >= 4 is 0 Å². The van der Waals surface area contributed by atoms with Gasteiger partial charge >= 0.3 is 6.01 Å². The number of hydrogen-bond acceptors (Lipinski definition) is 3. The maximum Gasteiger partial charge on any atom is 0.301 e. The van der Waals surface area contributed by atoms with Gasteiger partial charge in [0.15, 0.2) is 0 Å². The van der Waals surface area contributed by atoms with E-state index in [-0.39, 0.29) is 0 Å². The number of nitrogens with zero attached hydrogens (tertiary/aromatic N) is 2. The molecule has 17 heavy (non-hydrogen) atoms. The summed E-state index contributed by atoms with van der Waals surface area (Å²) >= 11 is 0. The lowest BCUT2D eigenvalue weighted by Gasteiger charge is -2.07. The van der Waals surface area contributed by atoms with Crippen molar-refractivity contribution in [3.8, 4) is 11.8 Å². The van der Waals surface area contributed by atoms with Gasteiger partial charge in [-0.2, -0.15) is 0 Å². The Morgan fingerprint density at radius 1 is 1.29 bits per heavy atom. The summed E-state index contributed by atoms with van der Waals surface area (Å²) in [5, 5.41) is 0. The van der Waals surface area contributed by atoms with Crippen molar-refractivity contribution in [2.75, 3.05) is 6.54 Å². The molecule has 0 unspecified atom stereocenters.